The average molecular weight is 627 g/mol. The van der Waals surface area contributed by atoms with Crippen molar-refractivity contribution >= 4 is 47.5 Å². The van der Waals surface area contributed by atoms with Gasteiger partial charge in [-0.3, -0.25) is 10.1 Å². The van der Waals surface area contributed by atoms with Crippen LogP contribution in [0.5, 0.6) is 0 Å². The minimum absolute atomic E-state index is 0.0330. The highest BCUT2D eigenvalue weighted by molar-refractivity contribution is 7.90. The summed E-state index contributed by atoms with van der Waals surface area (Å²) in [6, 6.07) is 26.6. The Morgan fingerprint density at radius 3 is 2.20 bits per heavy atom. The Morgan fingerprint density at radius 1 is 0.795 bits per heavy atom. The van der Waals surface area contributed by atoms with Gasteiger partial charge in [-0.05, 0) is 49.2 Å². The molecule has 0 aliphatic carbocycles. The normalized spacial score (nSPS) is 14.2. The number of aryl methyl sites for hydroxylation is 1. The summed E-state index contributed by atoms with van der Waals surface area (Å²) in [4.78, 5) is 14.2. The van der Waals surface area contributed by atoms with Gasteiger partial charge in [0.05, 0.1) is 27.6 Å². The van der Waals surface area contributed by atoms with Crippen molar-refractivity contribution in [3.63, 3.8) is 0 Å². The first-order chi connectivity index (χ1) is 21.1. The standard InChI is InChI=1S/C32H26N4O6S2/c1-21-14-16-22(17-15-21)43(39,40)35-28-11-5-3-8-23(28)24-18-19-34(44(41,42)30-13-7-6-12-29(30)36(37)38)20-27-31(32(24)35)25-9-2-4-10-26(25)33-27/h2-17,33H,18-20H2,1H3. The Kier molecular flexibility index (Phi) is 6.46. The first-order valence-corrected chi connectivity index (χ1v) is 16.7. The third-order valence-corrected chi connectivity index (χ3v) is 11.8. The molecular formula is C32H26N4O6S2. The number of H-pyrrole nitrogens is 1. The molecule has 1 aliphatic rings. The smallest absolute Gasteiger partial charge is 0.289 e. The van der Waals surface area contributed by atoms with Crippen molar-refractivity contribution < 1.29 is 21.8 Å². The average Bonchev–Trinajstić information content (AvgIpc) is 3.52. The lowest BCUT2D eigenvalue weighted by molar-refractivity contribution is -0.387. The second-order valence-electron chi connectivity index (χ2n) is 10.8. The lowest BCUT2D eigenvalue weighted by Crippen LogP contribution is -2.34. The van der Waals surface area contributed by atoms with Crippen LogP contribution in [0.25, 0.3) is 33.1 Å². The summed E-state index contributed by atoms with van der Waals surface area (Å²) in [7, 11) is -8.44. The highest BCUT2D eigenvalue weighted by Gasteiger charge is 2.37. The highest BCUT2D eigenvalue weighted by atomic mass is 32.2. The van der Waals surface area contributed by atoms with Crippen LogP contribution in [0.2, 0.25) is 0 Å². The van der Waals surface area contributed by atoms with Gasteiger partial charge >= 0.3 is 0 Å². The number of hydrogen-bond acceptors (Lipinski definition) is 6. The van der Waals surface area contributed by atoms with E-state index in [4.69, 9.17) is 0 Å². The van der Waals surface area contributed by atoms with Crippen LogP contribution in [-0.2, 0) is 33.0 Å². The zero-order valence-electron chi connectivity index (χ0n) is 23.5. The SMILES string of the molecule is Cc1ccc(S(=O)(=O)n2c3c(c4ccccc42)CCN(S(=O)(=O)c2ccccc2[N+](=O)[O-])Cc2[nH]c4ccccc4c2-3)cc1. The molecule has 6 aromatic rings. The van der Waals surface area contributed by atoms with Crippen molar-refractivity contribution in [1.29, 1.82) is 0 Å². The molecule has 7 rings (SSSR count). The van der Waals surface area contributed by atoms with E-state index in [1.807, 2.05) is 43.3 Å². The van der Waals surface area contributed by atoms with Gasteiger partial charge in [-0.1, -0.05) is 66.2 Å². The third-order valence-electron chi connectivity index (χ3n) is 8.14. The van der Waals surface area contributed by atoms with E-state index in [0.717, 1.165) is 10.9 Å². The molecule has 0 saturated heterocycles. The van der Waals surface area contributed by atoms with E-state index in [-0.39, 0.29) is 24.4 Å². The van der Waals surface area contributed by atoms with Crippen LogP contribution in [0.3, 0.4) is 0 Å². The highest BCUT2D eigenvalue weighted by Crippen LogP contribution is 2.44. The quantitative estimate of drug-likeness (QED) is 0.184. The topological polar surface area (TPSA) is 135 Å². The van der Waals surface area contributed by atoms with Gasteiger partial charge in [0, 0.05) is 40.2 Å². The molecule has 0 amide bonds. The zero-order chi connectivity index (χ0) is 30.8. The summed E-state index contributed by atoms with van der Waals surface area (Å²) in [5.74, 6) is 0. The molecule has 12 heteroatoms. The van der Waals surface area contributed by atoms with Crippen LogP contribution in [0.1, 0.15) is 16.8 Å². The Labute approximate surface area is 253 Å². The molecule has 0 radical (unpaired) electrons. The van der Waals surface area contributed by atoms with E-state index in [9.17, 15) is 26.9 Å². The van der Waals surface area contributed by atoms with Gasteiger partial charge < -0.3 is 4.98 Å². The largest absolute Gasteiger partial charge is 0.357 e. The fraction of sp³-hybridized carbons (Fsp3) is 0.125. The van der Waals surface area contributed by atoms with Crippen molar-refractivity contribution in [1.82, 2.24) is 13.3 Å². The van der Waals surface area contributed by atoms with Crippen LogP contribution in [0, 0.1) is 17.0 Å². The van der Waals surface area contributed by atoms with Crippen LogP contribution >= 0.6 is 0 Å². The van der Waals surface area contributed by atoms with Crippen LogP contribution < -0.4 is 0 Å². The molecule has 2 aromatic heterocycles. The minimum Gasteiger partial charge on any atom is -0.357 e. The first kappa shape index (κ1) is 28.0. The molecular weight excluding hydrogens is 601 g/mol. The number of hydrogen-bond donors (Lipinski definition) is 1. The minimum atomic E-state index is -4.34. The summed E-state index contributed by atoms with van der Waals surface area (Å²) in [5.41, 5.74) is 3.81. The van der Waals surface area contributed by atoms with Gasteiger partial charge in [0.25, 0.3) is 15.7 Å². The Bertz CT molecular complexity index is 2340. The molecule has 0 unspecified atom stereocenters. The van der Waals surface area contributed by atoms with E-state index in [1.165, 1.54) is 32.5 Å². The predicted octanol–water partition coefficient (Wildman–Crippen LogP) is 5.99. The van der Waals surface area contributed by atoms with Crippen molar-refractivity contribution in [2.45, 2.75) is 29.7 Å². The van der Waals surface area contributed by atoms with E-state index in [0.29, 0.717) is 38.9 Å². The fourth-order valence-electron chi connectivity index (χ4n) is 6.10. The molecule has 0 bridgehead atoms. The van der Waals surface area contributed by atoms with Crippen LogP contribution in [-0.4, -0.2) is 41.6 Å². The summed E-state index contributed by atoms with van der Waals surface area (Å²) in [5, 5.41) is 13.2. The number of nitrogens with zero attached hydrogens (tertiary/aromatic N) is 3. The van der Waals surface area contributed by atoms with Crippen LogP contribution in [0.15, 0.2) is 107 Å². The molecule has 3 heterocycles. The van der Waals surface area contributed by atoms with Gasteiger partial charge in [-0.2, -0.15) is 4.31 Å². The number of nitro benzene ring substituents is 1. The number of rotatable bonds is 5. The Balaban J connectivity index is 1.52. The number of aromatic nitrogens is 2. The summed E-state index contributed by atoms with van der Waals surface area (Å²) in [6.45, 7) is 1.71. The Morgan fingerprint density at radius 2 is 1.45 bits per heavy atom. The molecule has 0 spiro atoms. The fourth-order valence-corrected chi connectivity index (χ4v) is 9.21. The summed E-state index contributed by atoms with van der Waals surface area (Å²) >= 11 is 0. The molecule has 0 atom stereocenters. The molecule has 0 fully saturated rings. The van der Waals surface area contributed by atoms with Crippen molar-refractivity contribution in [2.75, 3.05) is 6.54 Å². The molecule has 4 aromatic carbocycles. The van der Waals surface area contributed by atoms with Crippen molar-refractivity contribution in [3.05, 3.63) is 124 Å². The maximum Gasteiger partial charge on any atom is 0.289 e. The number of nitro groups is 1. The molecule has 222 valence electrons. The van der Waals surface area contributed by atoms with E-state index < -0.39 is 35.6 Å². The Hall–Kier alpha value is -4.78. The zero-order valence-corrected chi connectivity index (χ0v) is 25.1. The lowest BCUT2D eigenvalue weighted by Gasteiger charge is -2.25. The number of aromatic amines is 1. The van der Waals surface area contributed by atoms with Crippen LogP contribution in [0.4, 0.5) is 5.69 Å². The van der Waals surface area contributed by atoms with Crippen molar-refractivity contribution in [3.8, 4) is 11.3 Å². The maximum atomic E-state index is 14.5. The van der Waals surface area contributed by atoms with Gasteiger partial charge in [0.15, 0.2) is 4.90 Å². The molecule has 1 N–H and O–H groups in total. The maximum absolute atomic E-state index is 14.5. The number of sulfonamides is 1. The monoisotopic (exact) mass is 626 g/mol. The predicted molar refractivity (Wildman–Crippen MR) is 167 cm³/mol. The van der Waals surface area contributed by atoms with Gasteiger partial charge in [0.2, 0.25) is 10.0 Å². The molecule has 1 aliphatic heterocycles. The van der Waals surface area contributed by atoms with Crippen molar-refractivity contribution in [2.24, 2.45) is 0 Å². The number of para-hydroxylation sites is 3. The summed E-state index contributed by atoms with van der Waals surface area (Å²) in [6.07, 6.45) is 0.172. The second kappa shape index (κ2) is 10.2. The first-order valence-electron chi connectivity index (χ1n) is 13.9. The number of benzene rings is 4. The van der Waals surface area contributed by atoms with E-state index in [2.05, 4.69) is 4.98 Å². The van der Waals surface area contributed by atoms with Gasteiger partial charge in [-0.15, -0.1) is 0 Å². The molecule has 44 heavy (non-hydrogen) atoms. The van der Waals surface area contributed by atoms with Gasteiger partial charge in [0.1, 0.15) is 0 Å². The van der Waals surface area contributed by atoms with E-state index >= 15 is 0 Å². The molecule has 0 saturated carbocycles. The van der Waals surface area contributed by atoms with Gasteiger partial charge in [-0.25, -0.2) is 20.8 Å². The molecule has 10 nitrogen and oxygen atoms in total. The number of nitrogens with one attached hydrogen (secondary N) is 1. The number of fused-ring (bicyclic) bond motifs is 7. The second-order valence-corrected chi connectivity index (χ2v) is 14.5. The third kappa shape index (κ3) is 4.25. The van der Waals surface area contributed by atoms with E-state index in [1.54, 1.807) is 36.4 Å². The lowest BCUT2D eigenvalue weighted by atomic mass is 9.98. The summed E-state index contributed by atoms with van der Waals surface area (Å²) < 4.78 is 59.6.